The zero-order chi connectivity index (χ0) is 7.84. The molecule has 0 bridgehead atoms. The van der Waals surface area contributed by atoms with E-state index in [1.807, 2.05) is 0 Å². The second-order valence-electron chi connectivity index (χ2n) is 2.24. The molecule has 0 spiro atoms. The molecule has 2 aromatic rings. The van der Waals surface area contributed by atoms with Crippen LogP contribution < -0.4 is 0 Å². The monoisotopic (exact) mass is 150 g/mol. The Balaban J connectivity index is 2.78. The van der Waals surface area contributed by atoms with Crippen molar-refractivity contribution in [2.45, 2.75) is 6.92 Å². The summed E-state index contributed by atoms with van der Waals surface area (Å²) in [6.45, 7) is 1.46. The third kappa shape index (κ3) is 0.739. The van der Waals surface area contributed by atoms with E-state index >= 15 is 0 Å². The summed E-state index contributed by atoms with van der Waals surface area (Å²) in [6, 6.07) is 1.75. The van der Waals surface area contributed by atoms with E-state index in [0.29, 0.717) is 11.5 Å². The van der Waals surface area contributed by atoms with Gasteiger partial charge in [-0.05, 0) is 0 Å². The zero-order valence-electron chi connectivity index (χ0n) is 5.90. The first kappa shape index (κ1) is 6.09. The molecule has 5 nitrogen and oxygen atoms in total. The molecule has 0 amide bonds. The second-order valence-corrected chi connectivity index (χ2v) is 2.24. The number of rotatable bonds is 1. The van der Waals surface area contributed by atoms with E-state index in [0.717, 1.165) is 0 Å². The molecule has 11 heavy (non-hydrogen) atoms. The van der Waals surface area contributed by atoms with Crippen LogP contribution >= 0.6 is 0 Å². The smallest absolute Gasteiger partial charge is 0.219 e. The lowest BCUT2D eigenvalue weighted by Crippen LogP contribution is -2.00. The van der Waals surface area contributed by atoms with E-state index in [4.69, 9.17) is 0 Å². The molecular formula is C6H6N4O. The van der Waals surface area contributed by atoms with E-state index < -0.39 is 0 Å². The fraction of sp³-hybridized carbons (Fsp3) is 0.167. The van der Waals surface area contributed by atoms with Crippen molar-refractivity contribution in [3.8, 4) is 0 Å². The van der Waals surface area contributed by atoms with Crippen LogP contribution in [0.15, 0.2) is 12.3 Å². The Labute approximate surface area is 62.0 Å². The lowest BCUT2D eigenvalue weighted by atomic mass is 10.4. The molecule has 0 radical (unpaired) electrons. The third-order valence-corrected chi connectivity index (χ3v) is 1.44. The van der Waals surface area contributed by atoms with Crippen molar-refractivity contribution in [1.29, 1.82) is 0 Å². The average molecular weight is 150 g/mol. The van der Waals surface area contributed by atoms with E-state index in [1.54, 1.807) is 16.8 Å². The summed E-state index contributed by atoms with van der Waals surface area (Å²) in [5.74, 6) is 0.241. The van der Waals surface area contributed by atoms with E-state index in [2.05, 4.69) is 15.3 Å². The van der Waals surface area contributed by atoms with E-state index in [-0.39, 0.29) is 5.78 Å². The van der Waals surface area contributed by atoms with Crippen LogP contribution in [0.25, 0.3) is 5.65 Å². The molecule has 0 aromatic carbocycles. The predicted molar refractivity (Wildman–Crippen MR) is 37.3 cm³/mol. The Morgan fingerprint density at radius 1 is 1.64 bits per heavy atom. The maximum atomic E-state index is 10.9. The van der Waals surface area contributed by atoms with Crippen LogP contribution in [0.2, 0.25) is 0 Å². The highest BCUT2D eigenvalue weighted by Gasteiger charge is 2.08. The number of H-pyrrole nitrogens is 1. The Bertz CT molecular complexity index is 399. The summed E-state index contributed by atoms with van der Waals surface area (Å²) in [5, 5.41) is 10.3. The van der Waals surface area contributed by atoms with Gasteiger partial charge in [0.1, 0.15) is 0 Å². The van der Waals surface area contributed by atoms with Gasteiger partial charge >= 0.3 is 0 Å². The fourth-order valence-electron chi connectivity index (χ4n) is 0.946. The van der Waals surface area contributed by atoms with Gasteiger partial charge in [-0.15, -0.1) is 10.2 Å². The van der Waals surface area contributed by atoms with Crippen LogP contribution in [0.1, 0.15) is 17.5 Å². The standard InChI is InChI=1S/C6H6N4O/c1-4(11)6-9-8-5-2-3-7-10(5)6/h2-3,7H,1H3. The van der Waals surface area contributed by atoms with Crippen molar-refractivity contribution >= 4 is 11.4 Å². The molecule has 56 valence electrons. The summed E-state index contributed by atoms with van der Waals surface area (Å²) < 4.78 is 1.54. The molecule has 0 saturated carbocycles. The number of aromatic amines is 1. The molecule has 1 N–H and O–H groups in total. The highest BCUT2D eigenvalue weighted by atomic mass is 16.1. The van der Waals surface area contributed by atoms with E-state index in [9.17, 15) is 4.79 Å². The number of fused-ring (bicyclic) bond motifs is 1. The van der Waals surface area contributed by atoms with Crippen molar-refractivity contribution in [1.82, 2.24) is 19.8 Å². The second kappa shape index (κ2) is 1.91. The van der Waals surface area contributed by atoms with Crippen molar-refractivity contribution < 1.29 is 4.79 Å². The summed E-state index contributed by atoms with van der Waals surface area (Å²) in [6.07, 6.45) is 1.70. The topological polar surface area (TPSA) is 63.0 Å². The van der Waals surface area contributed by atoms with Gasteiger partial charge in [-0.1, -0.05) is 0 Å². The number of carbonyl (C=O) groups excluding carboxylic acids is 1. The Hall–Kier alpha value is -1.65. The number of Topliss-reactive ketones (excluding diaryl/α,β-unsaturated/α-hetero) is 1. The number of aromatic nitrogens is 4. The number of nitrogens with one attached hydrogen (secondary N) is 1. The molecule has 2 aromatic heterocycles. The number of hydrogen-bond donors (Lipinski definition) is 1. The van der Waals surface area contributed by atoms with Crippen molar-refractivity contribution in [3.05, 3.63) is 18.1 Å². The molecule has 0 aliphatic rings. The highest BCUT2D eigenvalue weighted by molar-refractivity contribution is 5.90. The average Bonchev–Trinajstić information content (AvgIpc) is 2.41. The molecule has 0 unspecified atom stereocenters. The van der Waals surface area contributed by atoms with Crippen molar-refractivity contribution in [2.75, 3.05) is 0 Å². The predicted octanol–water partition coefficient (Wildman–Crippen LogP) is 0.260. The Morgan fingerprint density at radius 2 is 2.45 bits per heavy atom. The van der Waals surface area contributed by atoms with Crippen LogP contribution in [0.5, 0.6) is 0 Å². The SMILES string of the molecule is CC(=O)c1nnc2cc[nH]n12. The molecule has 0 fully saturated rings. The molecule has 0 aliphatic carbocycles. The summed E-state index contributed by atoms with van der Waals surface area (Å²) in [5.41, 5.74) is 0.662. The molecule has 5 heteroatoms. The molecular weight excluding hydrogens is 144 g/mol. The van der Waals surface area contributed by atoms with E-state index in [1.165, 1.54) is 6.92 Å². The minimum Gasteiger partial charge on any atom is -0.298 e. The summed E-state index contributed by atoms with van der Waals surface area (Å²) in [4.78, 5) is 10.9. The lowest BCUT2D eigenvalue weighted by molar-refractivity contribution is 0.100. The number of hydrogen-bond acceptors (Lipinski definition) is 3. The van der Waals surface area contributed by atoms with Gasteiger partial charge in [0, 0.05) is 19.2 Å². The quantitative estimate of drug-likeness (QED) is 0.593. The van der Waals surface area contributed by atoms with Gasteiger partial charge < -0.3 is 0 Å². The number of nitrogens with zero attached hydrogens (tertiary/aromatic N) is 3. The summed E-state index contributed by atoms with van der Waals surface area (Å²) >= 11 is 0. The van der Waals surface area contributed by atoms with Gasteiger partial charge in [-0.2, -0.15) is 0 Å². The van der Waals surface area contributed by atoms with Crippen LogP contribution in [-0.2, 0) is 0 Å². The van der Waals surface area contributed by atoms with Gasteiger partial charge in [0.05, 0.1) is 0 Å². The van der Waals surface area contributed by atoms with Crippen LogP contribution in [0, 0.1) is 0 Å². The van der Waals surface area contributed by atoms with Gasteiger partial charge in [0.15, 0.2) is 11.4 Å². The largest absolute Gasteiger partial charge is 0.298 e. The zero-order valence-corrected chi connectivity index (χ0v) is 5.90. The third-order valence-electron chi connectivity index (χ3n) is 1.44. The Kier molecular flexibility index (Phi) is 1.06. The molecule has 0 atom stereocenters. The highest BCUT2D eigenvalue weighted by Crippen LogP contribution is 2.00. The molecule has 0 saturated heterocycles. The Morgan fingerprint density at radius 3 is 3.18 bits per heavy atom. The maximum Gasteiger partial charge on any atom is 0.219 e. The van der Waals surface area contributed by atoms with Crippen LogP contribution in [0.4, 0.5) is 0 Å². The molecule has 2 heterocycles. The fourth-order valence-corrected chi connectivity index (χ4v) is 0.946. The maximum absolute atomic E-state index is 10.9. The summed E-state index contributed by atoms with van der Waals surface area (Å²) in [7, 11) is 0. The minimum absolute atomic E-state index is 0.0973. The van der Waals surface area contributed by atoms with Crippen LogP contribution in [0.3, 0.4) is 0 Å². The first-order valence-corrected chi connectivity index (χ1v) is 3.18. The van der Waals surface area contributed by atoms with Gasteiger partial charge in [-0.3, -0.25) is 9.89 Å². The molecule has 2 rings (SSSR count). The lowest BCUT2D eigenvalue weighted by Gasteiger charge is -1.86. The minimum atomic E-state index is -0.0973. The number of ketones is 1. The van der Waals surface area contributed by atoms with Gasteiger partial charge in [0.25, 0.3) is 0 Å². The first-order valence-electron chi connectivity index (χ1n) is 3.18. The van der Waals surface area contributed by atoms with Crippen LogP contribution in [-0.4, -0.2) is 25.6 Å². The number of carbonyl (C=O) groups is 1. The molecule has 0 aliphatic heterocycles. The van der Waals surface area contributed by atoms with Crippen molar-refractivity contribution in [2.24, 2.45) is 0 Å². The first-order chi connectivity index (χ1) is 5.29. The normalized spacial score (nSPS) is 10.6. The van der Waals surface area contributed by atoms with Gasteiger partial charge in [-0.25, -0.2) is 4.52 Å². The van der Waals surface area contributed by atoms with Gasteiger partial charge in [0.2, 0.25) is 5.82 Å². The van der Waals surface area contributed by atoms with Crippen molar-refractivity contribution in [3.63, 3.8) is 0 Å².